The lowest BCUT2D eigenvalue weighted by Crippen LogP contribution is -2.22. The van der Waals surface area contributed by atoms with Gasteiger partial charge >= 0.3 is 0 Å². The average molecular weight is 297 g/mol. The fourth-order valence-corrected chi connectivity index (χ4v) is 1.63. The molecule has 0 saturated heterocycles. The Bertz CT molecular complexity index is 669. The number of carbonyl (C=O) groups is 2. The van der Waals surface area contributed by atoms with Gasteiger partial charge in [0, 0.05) is 5.56 Å². The van der Waals surface area contributed by atoms with Crippen LogP contribution in [-0.4, -0.2) is 11.8 Å². The molecule has 7 heteroatoms. The summed E-state index contributed by atoms with van der Waals surface area (Å²) < 4.78 is 18.3. The molecule has 0 bridgehead atoms. The first-order chi connectivity index (χ1) is 9.47. The van der Waals surface area contributed by atoms with Crippen LogP contribution in [0, 0.1) is 5.82 Å². The molecule has 0 atom stereocenters. The number of rotatable bonds is 4. The van der Waals surface area contributed by atoms with Gasteiger partial charge in [-0.3, -0.25) is 9.59 Å². The minimum Gasteiger partial charge on any atom is -0.454 e. The second kappa shape index (κ2) is 5.75. The van der Waals surface area contributed by atoms with Gasteiger partial charge in [0.25, 0.3) is 11.8 Å². The summed E-state index contributed by atoms with van der Waals surface area (Å²) in [5.74, 6) is -1.48. The zero-order chi connectivity index (χ0) is 14.7. The van der Waals surface area contributed by atoms with Crippen LogP contribution in [0.2, 0.25) is 5.02 Å². The van der Waals surface area contributed by atoms with E-state index < -0.39 is 17.6 Å². The van der Waals surface area contributed by atoms with Gasteiger partial charge in [-0.05, 0) is 30.3 Å². The first-order valence-electron chi connectivity index (χ1n) is 5.59. The van der Waals surface area contributed by atoms with E-state index in [-0.39, 0.29) is 22.9 Å². The molecule has 104 valence electrons. The third-order valence-electron chi connectivity index (χ3n) is 2.51. The monoisotopic (exact) mass is 296 g/mol. The van der Waals surface area contributed by atoms with Crippen LogP contribution in [0.4, 0.5) is 4.39 Å². The highest BCUT2D eigenvalue weighted by molar-refractivity contribution is 6.30. The second-order valence-electron chi connectivity index (χ2n) is 3.94. The van der Waals surface area contributed by atoms with E-state index in [4.69, 9.17) is 21.8 Å². The first kappa shape index (κ1) is 14.1. The molecule has 1 aromatic carbocycles. The van der Waals surface area contributed by atoms with Gasteiger partial charge in [0.05, 0.1) is 11.6 Å². The van der Waals surface area contributed by atoms with Gasteiger partial charge in [0.1, 0.15) is 11.6 Å². The molecule has 0 unspecified atom stereocenters. The Hall–Kier alpha value is -2.34. The summed E-state index contributed by atoms with van der Waals surface area (Å²) in [5.41, 5.74) is 5.16. The van der Waals surface area contributed by atoms with E-state index in [1.807, 2.05) is 0 Å². The fraction of sp³-hybridized carbons (Fsp3) is 0.0769. The molecule has 0 aliphatic heterocycles. The molecule has 2 amide bonds. The van der Waals surface area contributed by atoms with Crippen molar-refractivity contribution in [2.75, 3.05) is 0 Å². The lowest BCUT2D eigenvalue weighted by atomic mass is 10.2. The Kier molecular flexibility index (Phi) is 4.05. The third kappa shape index (κ3) is 3.16. The molecule has 1 aromatic heterocycles. The number of primary amides is 1. The molecule has 0 saturated carbocycles. The van der Waals surface area contributed by atoms with Crippen molar-refractivity contribution in [1.29, 1.82) is 0 Å². The van der Waals surface area contributed by atoms with Gasteiger partial charge in [-0.25, -0.2) is 4.39 Å². The van der Waals surface area contributed by atoms with E-state index >= 15 is 0 Å². The number of nitrogens with one attached hydrogen (secondary N) is 1. The van der Waals surface area contributed by atoms with Crippen molar-refractivity contribution in [3.05, 3.63) is 58.3 Å². The van der Waals surface area contributed by atoms with Crippen molar-refractivity contribution in [3.63, 3.8) is 0 Å². The predicted molar refractivity (Wildman–Crippen MR) is 69.8 cm³/mol. The zero-order valence-corrected chi connectivity index (χ0v) is 10.9. The summed E-state index contributed by atoms with van der Waals surface area (Å²) in [5, 5.41) is 2.46. The maximum atomic E-state index is 13.2. The highest BCUT2D eigenvalue weighted by atomic mass is 35.5. The highest BCUT2D eigenvalue weighted by Crippen LogP contribution is 2.15. The normalized spacial score (nSPS) is 10.3. The Labute approximate surface area is 118 Å². The number of carbonyl (C=O) groups excluding carboxylic acids is 2. The summed E-state index contributed by atoms with van der Waals surface area (Å²) >= 11 is 5.53. The molecule has 3 N–H and O–H groups in total. The molecule has 20 heavy (non-hydrogen) atoms. The van der Waals surface area contributed by atoms with E-state index in [0.717, 1.165) is 6.07 Å². The summed E-state index contributed by atoms with van der Waals surface area (Å²) in [7, 11) is 0. The van der Waals surface area contributed by atoms with Gasteiger partial charge in [-0.1, -0.05) is 11.6 Å². The number of halogens is 2. The Morgan fingerprint density at radius 1 is 1.30 bits per heavy atom. The Balaban J connectivity index is 2.00. The standard InChI is InChI=1S/C13H10ClFN2O3/c14-9-3-1-7(5-10(9)15)13(19)17-6-8-2-4-11(20-8)12(16)18/h1-5H,6H2,(H2,16,18)(H,17,19). The average Bonchev–Trinajstić information content (AvgIpc) is 2.88. The maximum Gasteiger partial charge on any atom is 0.284 e. The first-order valence-corrected chi connectivity index (χ1v) is 5.97. The number of nitrogens with two attached hydrogens (primary N) is 1. The largest absolute Gasteiger partial charge is 0.454 e. The van der Waals surface area contributed by atoms with Crippen molar-refractivity contribution < 1.29 is 18.4 Å². The molecular formula is C13H10ClFN2O3. The topological polar surface area (TPSA) is 85.3 Å². The minimum atomic E-state index is -0.692. The Morgan fingerprint density at radius 2 is 2.05 bits per heavy atom. The van der Waals surface area contributed by atoms with E-state index in [1.54, 1.807) is 0 Å². The van der Waals surface area contributed by atoms with Crippen LogP contribution in [0.3, 0.4) is 0 Å². The highest BCUT2D eigenvalue weighted by Gasteiger charge is 2.11. The minimum absolute atomic E-state index is 0.00628. The molecule has 5 nitrogen and oxygen atoms in total. The molecule has 1 heterocycles. The van der Waals surface area contributed by atoms with Crippen LogP contribution in [0.1, 0.15) is 26.7 Å². The second-order valence-corrected chi connectivity index (χ2v) is 4.35. The van der Waals surface area contributed by atoms with Gasteiger partial charge in [0.15, 0.2) is 5.76 Å². The van der Waals surface area contributed by atoms with Gasteiger partial charge < -0.3 is 15.5 Å². The molecule has 0 aliphatic carbocycles. The quantitative estimate of drug-likeness (QED) is 0.906. The van der Waals surface area contributed by atoms with Crippen molar-refractivity contribution in [3.8, 4) is 0 Å². The van der Waals surface area contributed by atoms with Crippen LogP contribution in [0.15, 0.2) is 34.7 Å². The zero-order valence-electron chi connectivity index (χ0n) is 10.2. The van der Waals surface area contributed by atoms with Crippen LogP contribution >= 0.6 is 11.6 Å². The molecule has 0 aliphatic rings. The van der Waals surface area contributed by atoms with Crippen LogP contribution < -0.4 is 11.1 Å². The van der Waals surface area contributed by atoms with Crippen LogP contribution in [0.5, 0.6) is 0 Å². The number of benzene rings is 1. The molecule has 0 radical (unpaired) electrons. The van der Waals surface area contributed by atoms with Gasteiger partial charge in [-0.15, -0.1) is 0 Å². The maximum absolute atomic E-state index is 13.2. The smallest absolute Gasteiger partial charge is 0.284 e. The predicted octanol–water partition coefficient (Wildman–Crippen LogP) is 2.10. The van der Waals surface area contributed by atoms with Crippen molar-refractivity contribution in [1.82, 2.24) is 5.32 Å². The number of hydrogen-bond donors (Lipinski definition) is 2. The van der Waals surface area contributed by atoms with E-state index in [1.165, 1.54) is 24.3 Å². The summed E-state index contributed by atoms with van der Waals surface area (Å²) in [6.45, 7) is 0.0519. The number of amides is 2. The molecule has 0 spiro atoms. The molecule has 2 rings (SSSR count). The summed E-state index contributed by atoms with van der Waals surface area (Å²) in [6, 6.07) is 6.66. The van der Waals surface area contributed by atoms with E-state index in [0.29, 0.717) is 5.76 Å². The summed E-state index contributed by atoms with van der Waals surface area (Å²) in [6.07, 6.45) is 0. The molecule has 2 aromatic rings. The number of furan rings is 1. The van der Waals surface area contributed by atoms with E-state index in [2.05, 4.69) is 5.32 Å². The molecular weight excluding hydrogens is 287 g/mol. The Morgan fingerprint density at radius 3 is 2.65 bits per heavy atom. The lowest BCUT2D eigenvalue weighted by Gasteiger charge is -2.04. The van der Waals surface area contributed by atoms with Gasteiger partial charge in [-0.2, -0.15) is 0 Å². The van der Waals surface area contributed by atoms with Crippen molar-refractivity contribution in [2.45, 2.75) is 6.54 Å². The summed E-state index contributed by atoms with van der Waals surface area (Å²) in [4.78, 5) is 22.6. The third-order valence-corrected chi connectivity index (χ3v) is 2.82. The SMILES string of the molecule is NC(=O)c1ccc(CNC(=O)c2ccc(Cl)c(F)c2)o1. The van der Waals surface area contributed by atoms with E-state index in [9.17, 15) is 14.0 Å². The lowest BCUT2D eigenvalue weighted by molar-refractivity contribution is 0.0947. The van der Waals surface area contributed by atoms with Crippen LogP contribution in [-0.2, 0) is 6.54 Å². The van der Waals surface area contributed by atoms with Crippen LogP contribution in [0.25, 0.3) is 0 Å². The van der Waals surface area contributed by atoms with Crippen molar-refractivity contribution >= 4 is 23.4 Å². The molecule has 0 fully saturated rings. The fourth-order valence-electron chi connectivity index (χ4n) is 1.51. The van der Waals surface area contributed by atoms with Crippen molar-refractivity contribution in [2.24, 2.45) is 5.73 Å². The number of hydrogen-bond acceptors (Lipinski definition) is 3. The van der Waals surface area contributed by atoms with Gasteiger partial charge in [0.2, 0.25) is 0 Å².